The molecule has 0 radical (unpaired) electrons. The van der Waals surface area contributed by atoms with Gasteiger partial charge in [-0.1, -0.05) is 30.3 Å². The van der Waals surface area contributed by atoms with Crippen LogP contribution in [0, 0.1) is 11.8 Å². The van der Waals surface area contributed by atoms with E-state index in [2.05, 4.69) is 30.3 Å². The fraction of sp³-hybridized carbons (Fsp3) is 0.571. The standard InChI is InChI=1S/C14H21N/c15-11-14-8-6-13(7-9-14)10-12-4-2-1-3-5-12/h1-5,13-14H,6-11,15H2. The first-order valence-electron chi connectivity index (χ1n) is 6.12. The van der Waals surface area contributed by atoms with Crippen molar-refractivity contribution in [2.75, 3.05) is 6.54 Å². The van der Waals surface area contributed by atoms with E-state index in [9.17, 15) is 0 Å². The molecule has 0 atom stereocenters. The first-order chi connectivity index (χ1) is 7.38. The number of hydrogen-bond acceptors (Lipinski definition) is 1. The average Bonchev–Trinajstić information content (AvgIpc) is 2.31. The molecule has 0 saturated heterocycles. The van der Waals surface area contributed by atoms with E-state index < -0.39 is 0 Å². The zero-order valence-electron chi connectivity index (χ0n) is 9.36. The van der Waals surface area contributed by atoms with Crippen LogP contribution < -0.4 is 5.73 Å². The van der Waals surface area contributed by atoms with Gasteiger partial charge in [-0.15, -0.1) is 0 Å². The molecule has 0 aromatic heterocycles. The van der Waals surface area contributed by atoms with Crippen molar-refractivity contribution in [2.24, 2.45) is 17.6 Å². The molecule has 0 aliphatic heterocycles. The van der Waals surface area contributed by atoms with Crippen LogP contribution in [0.4, 0.5) is 0 Å². The Morgan fingerprint density at radius 2 is 1.53 bits per heavy atom. The highest BCUT2D eigenvalue weighted by atomic mass is 14.5. The molecular weight excluding hydrogens is 182 g/mol. The average molecular weight is 203 g/mol. The molecular formula is C14H21N. The van der Waals surface area contributed by atoms with Crippen LogP contribution in [0.5, 0.6) is 0 Å². The van der Waals surface area contributed by atoms with E-state index in [1.807, 2.05) is 0 Å². The second kappa shape index (κ2) is 5.32. The van der Waals surface area contributed by atoms with Crippen LogP contribution in [-0.4, -0.2) is 6.54 Å². The quantitative estimate of drug-likeness (QED) is 0.803. The van der Waals surface area contributed by atoms with Crippen molar-refractivity contribution < 1.29 is 0 Å². The molecule has 0 spiro atoms. The van der Waals surface area contributed by atoms with Crippen LogP contribution >= 0.6 is 0 Å². The smallest absolute Gasteiger partial charge is 0.00489 e. The Labute approximate surface area is 92.7 Å². The van der Waals surface area contributed by atoms with Gasteiger partial charge in [-0.05, 0) is 56.0 Å². The predicted molar refractivity (Wildman–Crippen MR) is 64.6 cm³/mol. The molecule has 15 heavy (non-hydrogen) atoms. The van der Waals surface area contributed by atoms with Gasteiger partial charge in [0.25, 0.3) is 0 Å². The van der Waals surface area contributed by atoms with Crippen molar-refractivity contribution in [3.8, 4) is 0 Å². The first kappa shape index (κ1) is 10.7. The van der Waals surface area contributed by atoms with Crippen LogP contribution in [0.25, 0.3) is 0 Å². The van der Waals surface area contributed by atoms with Gasteiger partial charge in [0.05, 0.1) is 0 Å². The lowest BCUT2D eigenvalue weighted by atomic mass is 9.79. The van der Waals surface area contributed by atoms with Crippen molar-refractivity contribution in [2.45, 2.75) is 32.1 Å². The maximum atomic E-state index is 5.70. The van der Waals surface area contributed by atoms with Crippen molar-refractivity contribution in [1.82, 2.24) is 0 Å². The Morgan fingerprint density at radius 1 is 0.933 bits per heavy atom. The van der Waals surface area contributed by atoms with Gasteiger partial charge in [0.2, 0.25) is 0 Å². The summed E-state index contributed by atoms with van der Waals surface area (Å²) in [4.78, 5) is 0. The number of nitrogens with two attached hydrogens (primary N) is 1. The lowest BCUT2D eigenvalue weighted by Crippen LogP contribution is -2.22. The molecule has 2 rings (SSSR count). The summed E-state index contributed by atoms with van der Waals surface area (Å²) in [5, 5.41) is 0. The summed E-state index contributed by atoms with van der Waals surface area (Å²) in [6, 6.07) is 10.9. The molecule has 0 amide bonds. The summed E-state index contributed by atoms with van der Waals surface area (Å²) in [6.07, 6.45) is 6.69. The van der Waals surface area contributed by atoms with Gasteiger partial charge in [0.1, 0.15) is 0 Å². The minimum absolute atomic E-state index is 0.803. The molecule has 82 valence electrons. The molecule has 1 saturated carbocycles. The molecule has 0 bridgehead atoms. The number of hydrogen-bond donors (Lipinski definition) is 1. The number of rotatable bonds is 3. The van der Waals surface area contributed by atoms with Gasteiger partial charge in [-0.3, -0.25) is 0 Å². The molecule has 1 heteroatoms. The lowest BCUT2D eigenvalue weighted by molar-refractivity contribution is 0.278. The zero-order chi connectivity index (χ0) is 10.5. The Balaban J connectivity index is 1.82. The van der Waals surface area contributed by atoms with E-state index >= 15 is 0 Å². The first-order valence-corrected chi connectivity index (χ1v) is 6.12. The maximum absolute atomic E-state index is 5.70. The third-order valence-corrected chi connectivity index (χ3v) is 3.67. The van der Waals surface area contributed by atoms with Gasteiger partial charge in [-0.2, -0.15) is 0 Å². The van der Waals surface area contributed by atoms with Crippen molar-refractivity contribution in [3.63, 3.8) is 0 Å². The van der Waals surface area contributed by atoms with Crippen molar-refractivity contribution >= 4 is 0 Å². The second-order valence-corrected chi connectivity index (χ2v) is 4.81. The summed E-state index contributed by atoms with van der Waals surface area (Å²) in [5.41, 5.74) is 7.20. The summed E-state index contributed by atoms with van der Waals surface area (Å²) in [5.74, 6) is 1.70. The summed E-state index contributed by atoms with van der Waals surface area (Å²) >= 11 is 0. The molecule has 1 nitrogen and oxygen atoms in total. The molecule has 1 fully saturated rings. The molecule has 1 aromatic rings. The highest BCUT2D eigenvalue weighted by Gasteiger charge is 2.19. The van der Waals surface area contributed by atoms with Gasteiger partial charge in [-0.25, -0.2) is 0 Å². The minimum Gasteiger partial charge on any atom is -0.330 e. The minimum atomic E-state index is 0.803. The highest BCUT2D eigenvalue weighted by molar-refractivity contribution is 5.15. The predicted octanol–water partition coefficient (Wildman–Crippen LogP) is 2.99. The van der Waals surface area contributed by atoms with E-state index in [0.29, 0.717) is 0 Å². The van der Waals surface area contributed by atoms with Crippen LogP contribution in [0.1, 0.15) is 31.2 Å². The Hall–Kier alpha value is -0.820. The van der Waals surface area contributed by atoms with Gasteiger partial charge in [0, 0.05) is 0 Å². The molecule has 1 aromatic carbocycles. The van der Waals surface area contributed by atoms with Crippen LogP contribution in [-0.2, 0) is 6.42 Å². The maximum Gasteiger partial charge on any atom is -0.00489 e. The Kier molecular flexibility index (Phi) is 3.79. The van der Waals surface area contributed by atoms with Gasteiger partial charge in [0.15, 0.2) is 0 Å². The Morgan fingerprint density at radius 3 is 2.13 bits per heavy atom. The molecule has 2 N–H and O–H groups in total. The normalized spacial score (nSPS) is 26.5. The van der Waals surface area contributed by atoms with Crippen LogP contribution in [0.15, 0.2) is 30.3 Å². The summed E-state index contributed by atoms with van der Waals surface area (Å²) in [7, 11) is 0. The second-order valence-electron chi connectivity index (χ2n) is 4.81. The topological polar surface area (TPSA) is 26.0 Å². The van der Waals surface area contributed by atoms with Crippen molar-refractivity contribution in [1.29, 1.82) is 0 Å². The molecule has 1 aliphatic carbocycles. The summed E-state index contributed by atoms with van der Waals surface area (Å²) < 4.78 is 0. The zero-order valence-corrected chi connectivity index (χ0v) is 9.36. The van der Waals surface area contributed by atoms with Crippen LogP contribution in [0.2, 0.25) is 0 Å². The molecule has 0 heterocycles. The van der Waals surface area contributed by atoms with Gasteiger partial charge < -0.3 is 5.73 Å². The van der Waals surface area contributed by atoms with Crippen LogP contribution in [0.3, 0.4) is 0 Å². The Bertz CT molecular complexity index is 273. The van der Waals surface area contributed by atoms with E-state index in [4.69, 9.17) is 5.73 Å². The van der Waals surface area contributed by atoms with E-state index in [-0.39, 0.29) is 0 Å². The van der Waals surface area contributed by atoms with E-state index in [0.717, 1.165) is 18.4 Å². The third-order valence-electron chi connectivity index (χ3n) is 3.67. The van der Waals surface area contributed by atoms with Gasteiger partial charge >= 0.3 is 0 Å². The summed E-state index contributed by atoms with van der Waals surface area (Å²) in [6.45, 7) is 0.887. The van der Waals surface area contributed by atoms with E-state index in [1.165, 1.54) is 37.7 Å². The lowest BCUT2D eigenvalue weighted by Gasteiger charge is -2.27. The largest absolute Gasteiger partial charge is 0.330 e. The van der Waals surface area contributed by atoms with E-state index in [1.54, 1.807) is 0 Å². The third kappa shape index (κ3) is 3.07. The fourth-order valence-electron chi connectivity index (χ4n) is 2.62. The monoisotopic (exact) mass is 203 g/mol. The van der Waals surface area contributed by atoms with Crippen molar-refractivity contribution in [3.05, 3.63) is 35.9 Å². The fourth-order valence-corrected chi connectivity index (χ4v) is 2.62. The number of benzene rings is 1. The molecule has 1 aliphatic rings. The highest BCUT2D eigenvalue weighted by Crippen LogP contribution is 2.30. The SMILES string of the molecule is NCC1CCC(Cc2ccccc2)CC1. The molecule has 0 unspecified atom stereocenters.